The normalized spacial score (nSPS) is 21.4. The highest BCUT2D eigenvalue weighted by Crippen LogP contribution is 2.37. The van der Waals surface area contributed by atoms with Crippen LogP contribution in [0, 0.1) is 5.92 Å². The van der Waals surface area contributed by atoms with Crippen LogP contribution >= 0.6 is 11.6 Å². The van der Waals surface area contributed by atoms with E-state index in [1.807, 2.05) is 0 Å². The second-order valence-electron chi connectivity index (χ2n) is 5.63. The van der Waals surface area contributed by atoms with E-state index in [1.165, 1.54) is 18.2 Å². The van der Waals surface area contributed by atoms with Crippen molar-refractivity contribution in [2.75, 3.05) is 25.1 Å². The van der Waals surface area contributed by atoms with Crippen LogP contribution in [-0.2, 0) is 4.74 Å². The van der Waals surface area contributed by atoms with Crippen molar-refractivity contribution in [1.29, 1.82) is 0 Å². The lowest BCUT2D eigenvalue weighted by atomic mass is 10.1. The fourth-order valence-corrected chi connectivity index (χ4v) is 2.94. The van der Waals surface area contributed by atoms with Gasteiger partial charge in [-0.15, -0.1) is 0 Å². The number of urea groups is 1. The minimum atomic E-state index is -2.94. The van der Waals surface area contributed by atoms with Crippen molar-refractivity contribution >= 4 is 23.3 Å². The Balaban J connectivity index is 1.66. The summed E-state index contributed by atoms with van der Waals surface area (Å²) in [5, 5.41) is 2.77. The van der Waals surface area contributed by atoms with Gasteiger partial charge in [-0.05, 0) is 37.0 Å². The van der Waals surface area contributed by atoms with Gasteiger partial charge in [-0.3, -0.25) is 0 Å². The summed E-state index contributed by atoms with van der Waals surface area (Å²) in [5.74, 6) is 0.383. The van der Waals surface area contributed by atoms with Gasteiger partial charge < -0.3 is 19.7 Å². The van der Waals surface area contributed by atoms with Gasteiger partial charge in [0.2, 0.25) is 0 Å². The quantitative estimate of drug-likeness (QED) is 0.906. The summed E-state index contributed by atoms with van der Waals surface area (Å²) in [6.45, 7) is -1.34. The maximum absolute atomic E-state index is 12.4. The Kier molecular flexibility index (Phi) is 4.87. The molecule has 1 aromatic rings. The molecule has 1 saturated carbocycles. The third kappa shape index (κ3) is 4.03. The van der Waals surface area contributed by atoms with Crippen LogP contribution in [0.25, 0.3) is 0 Å². The van der Waals surface area contributed by atoms with Crippen LogP contribution in [0.1, 0.15) is 12.8 Å². The van der Waals surface area contributed by atoms with Gasteiger partial charge in [0, 0.05) is 12.2 Å². The second-order valence-corrected chi connectivity index (χ2v) is 6.03. The molecule has 5 nitrogen and oxygen atoms in total. The molecule has 23 heavy (non-hydrogen) atoms. The largest absolute Gasteiger partial charge is 0.433 e. The van der Waals surface area contributed by atoms with E-state index in [-0.39, 0.29) is 22.8 Å². The van der Waals surface area contributed by atoms with E-state index in [9.17, 15) is 13.6 Å². The molecule has 1 aliphatic carbocycles. The molecule has 0 bridgehead atoms. The summed E-state index contributed by atoms with van der Waals surface area (Å²) in [5.41, 5.74) is 0.433. The van der Waals surface area contributed by atoms with Crippen molar-refractivity contribution in [3.63, 3.8) is 0 Å². The monoisotopic (exact) mass is 346 g/mol. The number of benzene rings is 1. The minimum absolute atomic E-state index is 0.0174. The van der Waals surface area contributed by atoms with E-state index < -0.39 is 6.61 Å². The van der Waals surface area contributed by atoms with E-state index in [0.717, 1.165) is 12.8 Å². The van der Waals surface area contributed by atoms with Crippen molar-refractivity contribution in [1.82, 2.24) is 4.90 Å². The number of morpholine rings is 1. The molecule has 2 amide bonds. The minimum Gasteiger partial charge on any atom is -0.433 e. The Bertz CT molecular complexity index is 584. The predicted molar refractivity (Wildman–Crippen MR) is 81.1 cm³/mol. The number of amides is 2. The predicted octanol–water partition coefficient (Wildman–Crippen LogP) is 3.58. The number of ether oxygens (including phenoxy) is 2. The number of alkyl halides is 2. The maximum atomic E-state index is 12.4. The third-order valence-electron chi connectivity index (χ3n) is 3.99. The van der Waals surface area contributed by atoms with Crippen LogP contribution in [0.3, 0.4) is 0 Å². The number of hydrogen-bond acceptors (Lipinski definition) is 3. The molecule has 0 unspecified atom stereocenters. The van der Waals surface area contributed by atoms with E-state index in [4.69, 9.17) is 16.3 Å². The van der Waals surface area contributed by atoms with Crippen molar-refractivity contribution in [3.05, 3.63) is 23.2 Å². The first kappa shape index (κ1) is 16.3. The Morgan fingerprint density at radius 1 is 1.43 bits per heavy atom. The van der Waals surface area contributed by atoms with Crippen molar-refractivity contribution in [2.45, 2.75) is 25.5 Å². The Hall–Kier alpha value is -1.60. The lowest BCUT2D eigenvalue weighted by Crippen LogP contribution is -2.51. The molecular formula is C15H17ClF2N2O3. The Labute approximate surface area is 137 Å². The van der Waals surface area contributed by atoms with E-state index in [1.54, 1.807) is 4.90 Å². The zero-order valence-corrected chi connectivity index (χ0v) is 13.1. The smallest absolute Gasteiger partial charge is 0.387 e. The average molecular weight is 347 g/mol. The number of anilines is 1. The molecule has 1 N–H and O–H groups in total. The van der Waals surface area contributed by atoms with E-state index in [0.29, 0.717) is 31.4 Å². The maximum Gasteiger partial charge on any atom is 0.387 e. The van der Waals surface area contributed by atoms with Crippen molar-refractivity contribution in [2.24, 2.45) is 5.92 Å². The van der Waals surface area contributed by atoms with Crippen molar-refractivity contribution < 1.29 is 23.0 Å². The molecule has 8 heteroatoms. The van der Waals surface area contributed by atoms with Gasteiger partial charge in [-0.2, -0.15) is 8.78 Å². The summed E-state index contributed by atoms with van der Waals surface area (Å²) in [6, 6.07) is 4.05. The topological polar surface area (TPSA) is 50.8 Å². The Morgan fingerprint density at radius 2 is 2.22 bits per heavy atom. The number of halogens is 3. The van der Waals surface area contributed by atoms with Crippen LogP contribution in [0.2, 0.25) is 5.02 Å². The first-order valence-corrected chi connectivity index (χ1v) is 7.82. The molecule has 0 aromatic heterocycles. The summed E-state index contributed by atoms with van der Waals surface area (Å²) < 4.78 is 34.1. The average Bonchev–Trinajstić information content (AvgIpc) is 3.34. The molecule has 1 aromatic carbocycles. The summed E-state index contributed by atoms with van der Waals surface area (Å²) >= 11 is 5.89. The fourth-order valence-electron chi connectivity index (χ4n) is 2.71. The molecule has 1 aliphatic heterocycles. The van der Waals surface area contributed by atoms with Gasteiger partial charge >= 0.3 is 12.6 Å². The molecule has 1 heterocycles. The SMILES string of the molecule is O=C(Nc1ccc(OC(F)F)c(Cl)c1)N1CCOC[C@@H]1C1CC1. The zero-order valence-electron chi connectivity index (χ0n) is 12.3. The number of nitrogens with one attached hydrogen (secondary N) is 1. The van der Waals surface area contributed by atoms with Gasteiger partial charge in [-0.1, -0.05) is 11.6 Å². The molecule has 0 spiro atoms. The molecule has 1 atom stereocenters. The molecule has 1 saturated heterocycles. The molecule has 3 rings (SSSR count). The fraction of sp³-hybridized carbons (Fsp3) is 0.533. The van der Waals surface area contributed by atoms with Gasteiger partial charge in [0.15, 0.2) is 0 Å². The van der Waals surface area contributed by atoms with Gasteiger partial charge in [0.05, 0.1) is 24.3 Å². The number of carbonyl (C=O) groups excluding carboxylic acids is 1. The number of hydrogen-bond donors (Lipinski definition) is 1. The van der Waals surface area contributed by atoms with Crippen LogP contribution in [0.15, 0.2) is 18.2 Å². The van der Waals surface area contributed by atoms with Crippen LogP contribution in [-0.4, -0.2) is 43.3 Å². The standard InChI is InChI=1S/C15H17ClF2N2O3/c16-11-7-10(3-4-13(11)23-14(17)18)19-15(21)20-5-6-22-8-12(20)9-1-2-9/h3-4,7,9,12,14H,1-2,5-6,8H2,(H,19,21)/t12-/m1/s1. The highest BCUT2D eigenvalue weighted by molar-refractivity contribution is 6.32. The van der Waals surface area contributed by atoms with Gasteiger partial charge in [0.1, 0.15) is 5.75 Å². The molecule has 2 fully saturated rings. The number of rotatable bonds is 4. The molecule has 2 aliphatic rings. The molecular weight excluding hydrogens is 330 g/mol. The Morgan fingerprint density at radius 3 is 2.87 bits per heavy atom. The summed E-state index contributed by atoms with van der Waals surface area (Å²) in [6.07, 6.45) is 2.23. The first-order valence-electron chi connectivity index (χ1n) is 7.44. The first-order chi connectivity index (χ1) is 11.0. The van der Waals surface area contributed by atoms with E-state index in [2.05, 4.69) is 10.1 Å². The highest BCUT2D eigenvalue weighted by Gasteiger charge is 2.39. The van der Waals surface area contributed by atoms with Gasteiger partial charge in [0.25, 0.3) is 0 Å². The lowest BCUT2D eigenvalue weighted by molar-refractivity contribution is -0.0497. The second kappa shape index (κ2) is 6.88. The zero-order chi connectivity index (χ0) is 16.4. The number of nitrogens with zero attached hydrogens (tertiary/aromatic N) is 1. The molecule has 126 valence electrons. The lowest BCUT2D eigenvalue weighted by Gasteiger charge is -2.35. The number of carbonyl (C=O) groups is 1. The summed E-state index contributed by atoms with van der Waals surface area (Å²) in [7, 11) is 0. The van der Waals surface area contributed by atoms with Crippen LogP contribution in [0.4, 0.5) is 19.3 Å². The third-order valence-corrected chi connectivity index (χ3v) is 4.29. The highest BCUT2D eigenvalue weighted by atomic mass is 35.5. The van der Waals surface area contributed by atoms with Crippen molar-refractivity contribution in [3.8, 4) is 5.75 Å². The summed E-state index contributed by atoms with van der Waals surface area (Å²) in [4.78, 5) is 14.2. The van der Waals surface area contributed by atoms with Crippen LogP contribution < -0.4 is 10.1 Å². The van der Waals surface area contributed by atoms with Crippen LogP contribution in [0.5, 0.6) is 5.75 Å². The van der Waals surface area contributed by atoms with Gasteiger partial charge in [-0.25, -0.2) is 4.79 Å². The van der Waals surface area contributed by atoms with E-state index >= 15 is 0 Å². The molecule has 0 radical (unpaired) electrons.